The van der Waals surface area contributed by atoms with Crippen molar-refractivity contribution in [3.63, 3.8) is 0 Å². The van der Waals surface area contributed by atoms with Gasteiger partial charge in [0.1, 0.15) is 0 Å². The molecule has 0 fully saturated rings. The van der Waals surface area contributed by atoms with Gasteiger partial charge in [0, 0.05) is 0 Å². The molecule has 1 atom stereocenters. The Morgan fingerprint density at radius 3 is 1.74 bits per heavy atom. The van der Waals surface area contributed by atoms with Crippen LogP contribution in [0.2, 0.25) is 0 Å². The van der Waals surface area contributed by atoms with Crippen LogP contribution in [0.25, 0.3) is 0 Å². The van der Waals surface area contributed by atoms with Crippen molar-refractivity contribution < 1.29 is 0 Å². The highest BCUT2D eigenvalue weighted by Crippen LogP contribution is 2.54. The average Bonchev–Trinajstić information content (AvgIpc) is 2.36. The third-order valence-electron chi connectivity index (χ3n) is 5.57. The van der Waals surface area contributed by atoms with E-state index in [4.69, 9.17) is 0 Å². The topological polar surface area (TPSA) is 0 Å². The Labute approximate surface area is 123 Å². The van der Waals surface area contributed by atoms with Crippen molar-refractivity contribution in [3.8, 4) is 0 Å². The molecule has 0 heteroatoms. The summed E-state index contributed by atoms with van der Waals surface area (Å²) in [5.41, 5.74) is 1.11. The zero-order valence-electron chi connectivity index (χ0n) is 14.9. The van der Waals surface area contributed by atoms with Gasteiger partial charge in [-0.15, -0.1) is 0 Å². The monoisotopic (exact) mass is 268 g/mol. The first-order chi connectivity index (χ1) is 8.91. The van der Waals surface area contributed by atoms with Gasteiger partial charge in [-0.05, 0) is 48.9 Å². The van der Waals surface area contributed by atoms with E-state index in [2.05, 4.69) is 48.5 Å². The molecule has 0 aromatic rings. The van der Waals surface area contributed by atoms with Crippen molar-refractivity contribution in [2.45, 2.75) is 106 Å². The molecule has 0 aromatic heterocycles. The molecule has 0 radical (unpaired) electrons. The molecule has 116 valence electrons. The Kier molecular flexibility index (Phi) is 9.03. The van der Waals surface area contributed by atoms with Gasteiger partial charge >= 0.3 is 0 Å². The molecule has 0 saturated carbocycles. The lowest BCUT2D eigenvalue weighted by molar-refractivity contribution is -0.000387. The fourth-order valence-electron chi connectivity index (χ4n) is 4.39. The van der Waals surface area contributed by atoms with E-state index < -0.39 is 0 Å². The molecule has 0 N–H and O–H groups in total. The molecule has 0 spiro atoms. The van der Waals surface area contributed by atoms with Crippen LogP contribution in [0, 0.1) is 16.7 Å². The second-order valence-corrected chi connectivity index (χ2v) is 7.35. The van der Waals surface area contributed by atoms with E-state index in [0.29, 0.717) is 10.8 Å². The van der Waals surface area contributed by atoms with Crippen molar-refractivity contribution in [2.75, 3.05) is 0 Å². The predicted octanol–water partition coefficient (Wildman–Crippen LogP) is 7.23. The minimum atomic E-state index is 0.546. The molecular weight excluding hydrogens is 228 g/mol. The summed E-state index contributed by atoms with van der Waals surface area (Å²) >= 11 is 0. The molecule has 0 aromatic carbocycles. The van der Waals surface area contributed by atoms with Crippen molar-refractivity contribution in [1.82, 2.24) is 0 Å². The molecule has 0 heterocycles. The van der Waals surface area contributed by atoms with E-state index in [0.717, 1.165) is 5.92 Å². The normalized spacial score (nSPS) is 15.8. The highest BCUT2D eigenvalue weighted by atomic mass is 14.5. The lowest BCUT2D eigenvalue weighted by atomic mass is 9.55. The summed E-state index contributed by atoms with van der Waals surface area (Å²) in [6.07, 6.45) is 12.5. The van der Waals surface area contributed by atoms with Crippen molar-refractivity contribution in [2.24, 2.45) is 16.7 Å². The Morgan fingerprint density at radius 2 is 1.37 bits per heavy atom. The lowest BCUT2D eigenvalue weighted by Gasteiger charge is -2.50. The molecule has 0 saturated heterocycles. The van der Waals surface area contributed by atoms with Crippen LogP contribution >= 0.6 is 0 Å². The van der Waals surface area contributed by atoms with Crippen LogP contribution in [0.15, 0.2) is 0 Å². The second kappa shape index (κ2) is 9.03. The average molecular weight is 269 g/mol. The van der Waals surface area contributed by atoms with Gasteiger partial charge in [0.25, 0.3) is 0 Å². The molecule has 0 nitrogen and oxygen atoms in total. The highest BCUT2D eigenvalue weighted by molar-refractivity contribution is 4.94. The maximum atomic E-state index is 2.60. The molecule has 0 aliphatic rings. The summed E-state index contributed by atoms with van der Waals surface area (Å²) in [7, 11) is 0. The molecule has 0 amide bonds. The Balaban J connectivity index is 5.11. The van der Waals surface area contributed by atoms with Gasteiger partial charge < -0.3 is 0 Å². The van der Waals surface area contributed by atoms with Crippen molar-refractivity contribution in [1.29, 1.82) is 0 Å². The molecule has 19 heavy (non-hydrogen) atoms. The van der Waals surface area contributed by atoms with Crippen molar-refractivity contribution in [3.05, 3.63) is 0 Å². The number of unbranched alkanes of at least 4 members (excludes halogenated alkanes) is 2. The Hall–Kier alpha value is 0. The Bertz CT molecular complexity index is 212. The summed E-state index contributed by atoms with van der Waals surface area (Å²) in [5.74, 6) is 0.822. The van der Waals surface area contributed by atoms with Crippen LogP contribution < -0.4 is 0 Å². The second-order valence-electron chi connectivity index (χ2n) is 7.35. The summed E-state index contributed by atoms with van der Waals surface area (Å²) < 4.78 is 0. The van der Waals surface area contributed by atoms with E-state index in [-0.39, 0.29) is 0 Å². The first kappa shape index (κ1) is 19.0. The maximum Gasteiger partial charge on any atom is -0.0246 e. The van der Waals surface area contributed by atoms with Gasteiger partial charge in [-0.2, -0.15) is 0 Å². The fourth-order valence-corrected chi connectivity index (χ4v) is 4.39. The maximum absolute atomic E-state index is 2.60. The van der Waals surface area contributed by atoms with Crippen LogP contribution in [-0.4, -0.2) is 0 Å². The quantitative estimate of drug-likeness (QED) is 0.347. The minimum absolute atomic E-state index is 0.546. The summed E-state index contributed by atoms with van der Waals surface area (Å²) in [4.78, 5) is 0. The third kappa shape index (κ3) is 5.12. The van der Waals surface area contributed by atoms with Crippen LogP contribution in [0.3, 0.4) is 0 Å². The SMILES string of the molecule is CCCCCC(C)(CCC)C(CC)(CC)CC(C)C. The lowest BCUT2D eigenvalue weighted by Crippen LogP contribution is -2.40. The van der Waals surface area contributed by atoms with Gasteiger partial charge in [0.2, 0.25) is 0 Å². The van der Waals surface area contributed by atoms with Gasteiger partial charge in [0.05, 0.1) is 0 Å². The number of hydrogen-bond donors (Lipinski definition) is 0. The van der Waals surface area contributed by atoms with Crippen LogP contribution in [0.5, 0.6) is 0 Å². The number of hydrogen-bond acceptors (Lipinski definition) is 0. The standard InChI is InChI=1S/C19H40/c1-8-12-13-15-18(7,14-9-2)19(10-3,11-4)16-17(5)6/h17H,8-16H2,1-7H3. The summed E-state index contributed by atoms with van der Waals surface area (Å²) in [6, 6.07) is 0. The smallest absolute Gasteiger partial charge is 0.0246 e. The molecule has 0 bridgehead atoms. The molecule has 1 unspecified atom stereocenters. The number of rotatable bonds is 11. The first-order valence-electron chi connectivity index (χ1n) is 8.91. The zero-order chi connectivity index (χ0) is 14.9. The molecule has 0 rings (SSSR count). The van der Waals surface area contributed by atoms with Gasteiger partial charge in [0.15, 0.2) is 0 Å². The van der Waals surface area contributed by atoms with Crippen LogP contribution in [0.1, 0.15) is 106 Å². The highest BCUT2D eigenvalue weighted by Gasteiger charge is 2.44. The largest absolute Gasteiger partial charge is 0.0654 e. The van der Waals surface area contributed by atoms with E-state index in [1.807, 2.05) is 0 Å². The molecule has 0 aliphatic heterocycles. The van der Waals surface area contributed by atoms with E-state index in [1.54, 1.807) is 0 Å². The summed E-state index contributed by atoms with van der Waals surface area (Å²) in [5, 5.41) is 0. The van der Waals surface area contributed by atoms with E-state index in [1.165, 1.54) is 57.8 Å². The summed E-state index contributed by atoms with van der Waals surface area (Å²) in [6.45, 7) is 16.9. The zero-order valence-corrected chi connectivity index (χ0v) is 14.9. The van der Waals surface area contributed by atoms with Gasteiger partial charge in [-0.1, -0.05) is 74.1 Å². The van der Waals surface area contributed by atoms with Crippen LogP contribution in [-0.2, 0) is 0 Å². The van der Waals surface area contributed by atoms with Crippen molar-refractivity contribution >= 4 is 0 Å². The fraction of sp³-hybridized carbons (Fsp3) is 1.00. The first-order valence-corrected chi connectivity index (χ1v) is 8.91. The molecule has 0 aliphatic carbocycles. The third-order valence-corrected chi connectivity index (χ3v) is 5.57. The van der Waals surface area contributed by atoms with E-state index >= 15 is 0 Å². The Morgan fingerprint density at radius 1 is 0.789 bits per heavy atom. The minimum Gasteiger partial charge on any atom is -0.0654 e. The predicted molar refractivity (Wildman–Crippen MR) is 89.6 cm³/mol. The van der Waals surface area contributed by atoms with Gasteiger partial charge in [-0.25, -0.2) is 0 Å². The molecular formula is C19H40. The van der Waals surface area contributed by atoms with Crippen LogP contribution in [0.4, 0.5) is 0 Å². The van der Waals surface area contributed by atoms with E-state index in [9.17, 15) is 0 Å². The van der Waals surface area contributed by atoms with Gasteiger partial charge in [-0.3, -0.25) is 0 Å².